The Morgan fingerprint density at radius 1 is 0.900 bits per heavy atom. The molecule has 0 saturated carbocycles. The van der Waals surface area contributed by atoms with E-state index in [-0.39, 0.29) is 22.0 Å². The van der Waals surface area contributed by atoms with Crippen LogP contribution in [0.4, 0.5) is 5.69 Å². The number of aromatic nitrogens is 1. The van der Waals surface area contributed by atoms with Gasteiger partial charge in [0.05, 0.1) is 21.3 Å². The lowest BCUT2D eigenvalue weighted by Crippen LogP contribution is -2.40. The fourth-order valence-electron chi connectivity index (χ4n) is 2.77. The molecule has 0 aliphatic rings. The minimum Gasteiger partial charge on any atom is -0.347 e. The van der Waals surface area contributed by atoms with Crippen LogP contribution in [0.1, 0.15) is 41.5 Å². The highest BCUT2D eigenvalue weighted by Gasteiger charge is 2.18. The number of carbonyl (C=O) groups excluding carboxylic acids is 2. The zero-order valence-corrected chi connectivity index (χ0v) is 18.3. The fraction of sp³-hybridized carbons (Fsp3) is 0.174. The van der Waals surface area contributed by atoms with Crippen molar-refractivity contribution >= 4 is 40.7 Å². The summed E-state index contributed by atoms with van der Waals surface area (Å²) in [4.78, 5) is 29.3. The third-order valence-electron chi connectivity index (χ3n) is 4.13. The van der Waals surface area contributed by atoms with E-state index >= 15 is 0 Å². The molecule has 30 heavy (non-hydrogen) atoms. The summed E-state index contributed by atoms with van der Waals surface area (Å²) < 4.78 is 0. The minimum absolute atomic E-state index is 0.188. The molecular weight excluding hydrogens is 421 g/mol. The van der Waals surface area contributed by atoms with Crippen molar-refractivity contribution in [3.63, 3.8) is 0 Å². The quantitative estimate of drug-likeness (QED) is 0.534. The van der Waals surface area contributed by atoms with Crippen LogP contribution in [0.5, 0.6) is 0 Å². The second-order valence-corrected chi connectivity index (χ2v) is 8.58. The highest BCUT2D eigenvalue weighted by molar-refractivity contribution is 6.35. The fourth-order valence-corrected chi connectivity index (χ4v) is 3.25. The Morgan fingerprint density at radius 2 is 1.67 bits per heavy atom. The van der Waals surface area contributed by atoms with Gasteiger partial charge in [0.2, 0.25) is 0 Å². The van der Waals surface area contributed by atoms with Crippen LogP contribution in [-0.2, 0) is 0 Å². The van der Waals surface area contributed by atoms with E-state index in [1.54, 1.807) is 30.5 Å². The van der Waals surface area contributed by atoms with Crippen LogP contribution in [0.25, 0.3) is 11.3 Å². The number of nitrogens with zero attached hydrogens (tertiary/aromatic N) is 1. The summed E-state index contributed by atoms with van der Waals surface area (Å²) in [5.74, 6) is -0.647. The van der Waals surface area contributed by atoms with E-state index in [9.17, 15) is 9.59 Å². The summed E-state index contributed by atoms with van der Waals surface area (Å²) in [7, 11) is 0. The van der Waals surface area contributed by atoms with Crippen LogP contribution in [-0.4, -0.2) is 22.3 Å². The second kappa shape index (κ2) is 8.86. The number of anilines is 1. The molecule has 1 heterocycles. The molecule has 7 heteroatoms. The summed E-state index contributed by atoms with van der Waals surface area (Å²) in [5, 5.41) is 6.39. The molecule has 2 N–H and O–H groups in total. The monoisotopic (exact) mass is 441 g/mol. The van der Waals surface area contributed by atoms with Crippen molar-refractivity contribution in [3.8, 4) is 11.3 Å². The number of pyridine rings is 1. The SMILES string of the molecule is CC(C)(C)NC(=O)c1ccc(C(=O)Nc2ccc(Cl)c(-c3ccccn3)c2)c(Cl)c1. The molecule has 3 aromatic rings. The van der Waals surface area contributed by atoms with E-state index in [4.69, 9.17) is 23.2 Å². The summed E-state index contributed by atoms with van der Waals surface area (Å²) >= 11 is 12.6. The third-order valence-corrected chi connectivity index (χ3v) is 4.77. The van der Waals surface area contributed by atoms with Crippen molar-refractivity contribution in [3.05, 3.63) is 82.0 Å². The lowest BCUT2D eigenvalue weighted by molar-refractivity contribution is 0.0918. The van der Waals surface area contributed by atoms with E-state index in [1.165, 1.54) is 12.1 Å². The number of halogens is 2. The zero-order valence-electron chi connectivity index (χ0n) is 16.8. The standard InChI is InChI=1S/C23H21Cl2N3O2/c1-23(2,3)28-21(29)14-7-9-16(19(25)12-14)22(30)27-15-8-10-18(24)17(13-15)20-6-4-5-11-26-20/h4-13H,1-3H3,(H,27,30)(H,28,29). The molecule has 0 spiro atoms. The molecule has 0 fully saturated rings. The van der Waals surface area contributed by atoms with Gasteiger partial charge in [-0.25, -0.2) is 0 Å². The molecule has 5 nitrogen and oxygen atoms in total. The molecule has 3 rings (SSSR count). The van der Waals surface area contributed by atoms with E-state index in [0.717, 1.165) is 0 Å². The van der Waals surface area contributed by atoms with Gasteiger partial charge in [0.25, 0.3) is 11.8 Å². The number of carbonyl (C=O) groups is 2. The Kier molecular flexibility index (Phi) is 6.44. The predicted molar refractivity (Wildman–Crippen MR) is 121 cm³/mol. The highest BCUT2D eigenvalue weighted by atomic mass is 35.5. The molecule has 2 aromatic carbocycles. The van der Waals surface area contributed by atoms with Crippen LogP contribution in [0.3, 0.4) is 0 Å². The lowest BCUT2D eigenvalue weighted by Gasteiger charge is -2.20. The van der Waals surface area contributed by atoms with Crippen molar-refractivity contribution in [1.82, 2.24) is 10.3 Å². The number of hydrogen-bond donors (Lipinski definition) is 2. The van der Waals surface area contributed by atoms with Gasteiger partial charge < -0.3 is 10.6 Å². The Labute approximate surface area is 185 Å². The topological polar surface area (TPSA) is 71.1 Å². The van der Waals surface area contributed by atoms with Crippen molar-refractivity contribution in [2.45, 2.75) is 26.3 Å². The van der Waals surface area contributed by atoms with E-state index in [0.29, 0.717) is 27.5 Å². The van der Waals surface area contributed by atoms with E-state index in [1.807, 2.05) is 39.0 Å². The van der Waals surface area contributed by atoms with Gasteiger partial charge in [0.1, 0.15) is 0 Å². The largest absolute Gasteiger partial charge is 0.347 e. The van der Waals surface area contributed by atoms with E-state index < -0.39 is 5.91 Å². The number of amides is 2. The Bertz CT molecular complexity index is 1090. The summed E-state index contributed by atoms with van der Waals surface area (Å²) in [6, 6.07) is 15.3. The number of benzene rings is 2. The first kappa shape index (κ1) is 21.8. The number of hydrogen-bond acceptors (Lipinski definition) is 3. The van der Waals surface area contributed by atoms with Crippen LogP contribution in [0.2, 0.25) is 10.0 Å². The average molecular weight is 442 g/mol. The second-order valence-electron chi connectivity index (χ2n) is 7.76. The summed E-state index contributed by atoms with van der Waals surface area (Å²) in [6.07, 6.45) is 1.67. The maximum atomic E-state index is 12.7. The molecule has 0 aliphatic heterocycles. The van der Waals surface area contributed by atoms with Crippen LogP contribution in [0.15, 0.2) is 60.8 Å². The normalized spacial score (nSPS) is 11.1. The van der Waals surface area contributed by atoms with Gasteiger partial charge in [-0.05, 0) is 69.3 Å². The first-order valence-electron chi connectivity index (χ1n) is 9.28. The van der Waals surface area contributed by atoms with Gasteiger partial charge >= 0.3 is 0 Å². The van der Waals surface area contributed by atoms with Gasteiger partial charge in [-0.1, -0.05) is 29.3 Å². The molecule has 0 radical (unpaired) electrons. The number of rotatable bonds is 4. The zero-order chi connectivity index (χ0) is 21.9. The molecule has 2 amide bonds. The Morgan fingerprint density at radius 3 is 2.30 bits per heavy atom. The highest BCUT2D eigenvalue weighted by Crippen LogP contribution is 2.29. The van der Waals surface area contributed by atoms with Gasteiger partial charge in [-0.2, -0.15) is 0 Å². The van der Waals surface area contributed by atoms with Gasteiger partial charge in [0, 0.05) is 28.6 Å². The maximum Gasteiger partial charge on any atom is 0.257 e. The smallest absolute Gasteiger partial charge is 0.257 e. The lowest BCUT2D eigenvalue weighted by atomic mass is 10.1. The summed E-state index contributed by atoms with van der Waals surface area (Å²) in [6.45, 7) is 5.67. The Balaban J connectivity index is 1.80. The van der Waals surface area contributed by atoms with Gasteiger partial charge in [-0.3, -0.25) is 14.6 Å². The third kappa shape index (κ3) is 5.38. The maximum absolute atomic E-state index is 12.7. The first-order chi connectivity index (χ1) is 14.1. The molecule has 0 bridgehead atoms. The Hall–Kier alpha value is -2.89. The van der Waals surface area contributed by atoms with Crippen molar-refractivity contribution < 1.29 is 9.59 Å². The van der Waals surface area contributed by atoms with Crippen molar-refractivity contribution in [2.75, 3.05) is 5.32 Å². The predicted octanol–water partition coefficient (Wildman–Crippen LogP) is 5.84. The van der Waals surface area contributed by atoms with Crippen molar-refractivity contribution in [1.29, 1.82) is 0 Å². The van der Waals surface area contributed by atoms with Gasteiger partial charge in [0.15, 0.2) is 0 Å². The number of nitrogens with one attached hydrogen (secondary N) is 2. The van der Waals surface area contributed by atoms with Crippen LogP contribution in [0, 0.1) is 0 Å². The van der Waals surface area contributed by atoms with Gasteiger partial charge in [-0.15, -0.1) is 0 Å². The molecule has 0 atom stereocenters. The van der Waals surface area contributed by atoms with Crippen LogP contribution < -0.4 is 10.6 Å². The molecule has 154 valence electrons. The molecule has 0 saturated heterocycles. The average Bonchev–Trinajstić information content (AvgIpc) is 2.68. The van der Waals surface area contributed by atoms with Crippen LogP contribution >= 0.6 is 23.2 Å². The van der Waals surface area contributed by atoms with Crippen molar-refractivity contribution in [2.24, 2.45) is 0 Å². The summed E-state index contributed by atoms with van der Waals surface area (Å²) in [5.41, 5.74) is 2.23. The first-order valence-corrected chi connectivity index (χ1v) is 10.0. The molecule has 0 aliphatic carbocycles. The molecule has 1 aromatic heterocycles. The molecular formula is C23H21Cl2N3O2. The van der Waals surface area contributed by atoms with E-state index in [2.05, 4.69) is 15.6 Å². The minimum atomic E-state index is -0.392. The molecule has 0 unspecified atom stereocenters.